The lowest BCUT2D eigenvalue weighted by molar-refractivity contribution is -0.137. The van der Waals surface area contributed by atoms with E-state index in [1.807, 2.05) is 24.3 Å². The summed E-state index contributed by atoms with van der Waals surface area (Å²) in [6, 6.07) is 14.8. The van der Waals surface area contributed by atoms with Gasteiger partial charge in [0.15, 0.2) is 5.78 Å². The largest absolute Gasteiger partial charge is 0.418 e. The van der Waals surface area contributed by atoms with Gasteiger partial charge in [0, 0.05) is 17.7 Å². The molecule has 0 bridgehead atoms. The van der Waals surface area contributed by atoms with Crippen molar-refractivity contribution in [3.05, 3.63) is 87.1 Å². The number of nitrogens with one attached hydrogen (secondary N) is 2. The van der Waals surface area contributed by atoms with Crippen LogP contribution in [0.1, 0.15) is 61.6 Å². The van der Waals surface area contributed by atoms with Crippen molar-refractivity contribution in [2.75, 3.05) is 11.1 Å². The van der Waals surface area contributed by atoms with Gasteiger partial charge in [-0.05, 0) is 42.0 Å². The minimum Gasteiger partial charge on any atom is -0.352 e. The van der Waals surface area contributed by atoms with Crippen LogP contribution < -0.4 is 10.6 Å². The number of nitrogens with zero attached hydrogens (tertiary/aromatic N) is 1. The number of carbonyl (C=O) groups excluding carboxylic acids is 2. The van der Waals surface area contributed by atoms with Crippen molar-refractivity contribution in [3.8, 4) is 6.07 Å². The first-order valence-corrected chi connectivity index (χ1v) is 12.9. The van der Waals surface area contributed by atoms with E-state index in [0.29, 0.717) is 41.4 Å². The van der Waals surface area contributed by atoms with Crippen molar-refractivity contribution in [1.82, 2.24) is 5.32 Å². The molecule has 2 N–H and O–H groups in total. The van der Waals surface area contributed by atoms with E-state index in [2.05, 4.69) is 30.6 Å². The summed E-state index contributed by atoms with van der Waals surface area (Å²) < 4.78 is 39.9. The summed E-state index contributed by atoms with van der Waals surface area (Å²) in [6.07, 6.45) is -2.88. The number of halogens is 3. The Balaban J connectivity index is 1.61. The Morgan fingerprint density at radius 3 is 2.51 bits per heavy atom. The zero-order chi connectivity index (χ0) is 26.7. The smallest absolute Gasteiger partial charge is 0.352 e. The molecule has 2 aromatic rings. The first-order chi connectivity index (χ1) is 17.6. The fourth-order valence-corrected chi connectivity index (χ4v) is 5.47. The summed E-state index contributed by atoms with van der Waals surface area (Å²) in [5, 5.41) is 16.1. The second-order valence-corrected chi connectivity index (χ2v) is 10.3. The summed E-state index contributed by atoms with van der Waals surface area (Å²) in [6.45, 7) is 4.16. The third-order valence-corrected chi connectivity index (χ3v) is 7.47. The van der Waals surface area contributed by atoms with Crippen molar-refractivity contribution in [2.45, 2.75) is 51.1 Å². The Hall–Kier alpha value is -3.51. The van der Waals surface area contributed by atoms with Crippen molar-refractivity contribution >= 4 is 29.1 Å². The number of nitriles is 1. The maximum atomic E-state index is 13.3. The topological polar surface area (TPSA) is 82.0 Å². The fourth-order valence-electron chi connectivity index (χ4n) is 4.61. The molecule has 37 heavy (non-hydrogen) atoms. The molecule has 0 aromatic heterocycles. The number of ketones is 1. The molecule has 0 fully saturated rings. The number of amides is 1. The lowest BCUT2D eigenvalue weighted by Gasteiger charge is -2.33. The van der Waals surface area contributed by atoms with Crippen LogP contribution in [0.5, 0.6) is 0 Å². The molecular weight excluding hydrogens is 499 g/mol. The first-order valence-electron chi connectivity index (χ1n) is 12.0. The van der Waals surface area contributed by atoms with Crippen LogP contribution in [0, 0.1) is 11.3 Å². The van der Waals surface area contributed by atoms with Crippen LogP contribution in [0.3, 0.4) is 0 Å². The van der Waals surface area contributed by atoms with Crippen LogP contribution in [0.2, 0.25) is 0 Å². The molecule has 0 spiro atoms. The molecule has 0 saturated carbocycles. The van der Waals surface area contributed by atoms with Gasteiger partial charge < -0.3 is 10.6 Å². The maximum Gasteiger partial charge on any atom is 0.418 e. The number of anilines is 1. The van der Waals surface area contributed by atoms with Gasteiger partial charge in [0.05, 0.1) is 39.6 Å². The molecule has 2 aliphatic rings. The average molecular weight is 526 g/mol. The number of para-hydroxylation sites is 1. The average Bonchev–Trinajstić information content (AvgIpc) is 2.86. The van der Waals surface area contributed by atoms with Crippen molar-refractivity contribution < 1.29 is 22.8 Å². The molecule has 0 unspecified atom stereocenters. The van der Waals surface area contributed by atoms with Crippen LogP contribution in [-0.2, 0) is 15.8 Å². The van der Waals surface area contributed by atoms with Crippen LogP contribution in [-0.4, -0.2) is 17.4 Å². The van der Waals surface area contributed by atoms with Gasteiger partial charge in [-0.2, -0.15) is 18.4 Å². The zero-order valence-corrected chi connectivity index (χ0v) is 21.2. The molecule has 4 rings (SSSR count). The van der Waals surface area contributed by atoms with Crippen LogP contribution in [0.25, 0.3) is 0 Å². The molecule has 0 radical (unpaired) electrons. The first kappa shape index (κ1) is 26.6. The van der Waals surface area contributed by atoms with Crippen molar-refractivity contribution in [2.24, 2.45) is 0 Å². The Morgan fingerprint density at radius 2 is 1.86 bits per heavy atom. The number of carbonyl (C=O) groups is 2. The number of hydrogen-bond donors (Lipinski definition) is 2. The lowest BCUT2D eigenvalue weighted by atomic mass is 9.76. The van der Waals surface area contributed by atoms with Crippen LogP contribution >= 0.6 is 11.8 Å². The highest BCUT2D eigenvalue weighted by molar-refractivity contribution is 8.03. The Labute approximate surface area is 217 Å². The number of alkyl halides is 3. The van der Waals surface area contributed by atoms with E-state index in [4.69, 9.17) is 0 Å². The molecule has 1 aliphatic heterocycles. The third-order valence-electron chi connectivity index (χ3n) is 6.45. The Bertz CT molecular complexity index is 1320. The SMILES string of the molecule is CC(C)c1ccc([C@H]2C(C#N)=C(SCC(=O)Nc3ccccc3C(F)(F)F)NC3=C2C(=O)CCC3)cc1. The summed E-state index contributed by atoms with van der Waals surface area (Å²) in [5.41, 5.74) is 2.33. The zero-order valence-electron chi connectivity index (χ0n) is 20.4. The predicted molar refractivity (Wildman–Crippen MR) is 137 cm³/mol. The van der Waals surface area contributed by atoms with Crippen molar-refractivity contribution in [3.63, 3.8) is 0 Å². The van der Waals surface area contributed by atoms with E-state index in [0.717, 1.165) is 34.7 Å². The second-order valence-electron chi connectivity index (χ2n) is 9.28. The highest BCUT2D eigenvalue weighted by atomic mass is 32.2. The maximum absolute atomic E-state index is 13.3. The molecule has 1 aliphatic carbocycles. The number of Topliss-reactive ketones (excluding diaryl/α,β-unsaturated/α-hetero) is 1. The number of dihydropyridines is 1. The molecular formula is C28H26F3N3O2S. The fraction of sp³-hybridized carbons (Fsp3) is 0.321. The van der Waals surface area contributed by atoms with Gasteiger partial charge in [0.2, 0.25) is 5.91 Å². The highest BCUT2D eigenvalue weighted by Crippen LogP contribution is 2.44. The van der Waals surface area contributed by atoms with E-state index in [-0.39, 0.29) is 17.2 Å². The van der Waals surface area contributed by atoms with Crippen molar-refractivity contribution in [1.29, 1.82) is 5.26 Å². The highest BCUT2D eigenvalue weighted by Gasteiger charge is 2.37. The van der Waals surface area contributed by atoms with Gasteiger partial charge in [-0.25, -0.2) is 0 Å². The number of allylic oxidation sites excluding steroid dienone is 3. The minimum atomic E-state index is -4.60. The number of thioether (sulfide) groups is 1. The minimum absolute atomic E-state index is 0.00927. The molecule has 2 aromatic carbocycles. The van der Waals surface area contributed by atoms with Gasteiger partial charge in [-0.3, -0.25) is 9.59 Å². The monoisotopic (exact) mass is 525 g/mol. The lowest BCUT2D eigenvalue weighted by Crippen LogP contribution is -2.31. The molecule has 0 saturated heterocycles. The van der Waals surface area contributed by atoms with E-state index < -0.39 is 23.6 Å². The second kappa shape index (κ2) is 10.9. The van der Waals surface area contributed by atoms with Crippen LogP contribution in [0.15, 0.2) is 70.4 Å². The third kappa shape index (κ3) is 5.75. The number of rotatable bonds is 6. The van der Waals surface area contributed by atoms with E-state index >= 15 is 0 Å². The molecule has 9 heteroatoms. The molecule has 192 valence electrons. The number of benzene rings is 2. The summed E-state index contributed by atoms with van der Waals surface area (Å²) in [4.78, 5) is 25.6. The normalized spacial score (nSPS) is 17.9. The van der Waals surface area contributed by atoms with E-state index in [9.17, 15) is 28.0 Å². The number of hydrogen-bond acceptors (Lipinski definition) is 5. The van der Waals surface area contributed by atoms with E-state index in [1.54, 1.807) is 0 Å². The predicted octanol–water partition coefficient (Wildman–Crippen LogP) is 6.63. The Kier molecular flexibility index (Phi) is 7.79. The van der Waals surface area contributed by atoms with Crippen LogP contribution in [0.4, 0.5) is 18.9 Å². The molecule has 1 amide bonds. The van der Waals surface area contributed by atoms with E-state index in [1.165, 1.54) is 18.2 Å². The Morgan fingerprint density at radius 1 is 1.16 bits per heavy atom. The summed E-state index contributed by atoms with van der Waals surface area (Å²) >= 11 is 1.04. The summed E-state index contributed by atoms with van der Waals surface area (Å²) in [7, 11) is 0. The standard InChI is InChI=1S/C28H26F3N3O2S/c1-16(2)17-10-12-18(13-11-17)25-19(14-32)27(34-22-8-5-9-23(35)26(22)25)37-15-24(36)33-21-7-4-3-6-20(21)28(29,30)31/h3-4,6-7,10-13,16,25,34H,5,8-9,15H2,1-2H3,(H,33,36)/t25-/m0/s1. The van der Waals surface area contributed by atoms with Gasteiger partial charge in [0.25, 0.3) is 0 Å². The van der Waals surface area contributed by atoms with Gasteiger partial charge in [-0.1, -0.05) is 62.0 Å². The molecule has 5 nitrogen and oxygen atoms in total. The molecule has 1 heterocycles. The summed E-state index contributed by atoms with van der Waals surface area (Å²) in [5.74, 6) is -1.09. The van der Waals surface area contributed by atoms with Gasteiger partial charge in [0.1, 0.15) is 0 Å². The van der Waals surface area contributed by atoms with Gasteiger partial charge in [-0.15, -0.1) is 0 Å². The van der Waals surface area contributed by atoms with Gasteiger partial charge >= 0.3 is 6.18 Å². The quantitative estimate of drug-likeness (QED) is 0.442. The molecule has 1 atom stereocenters.